The molecule has 6 nitrogen and oxygen atoms in total. The Morgan fingerprint density at radius 2 is 1.93 bits per heavy atom. The number of likely N-dealkylation sites (N-methyl/N-ethyl adjacent to an activating group) is 1. The van der Waals surface area contributed by atoms with E-state index in [0.717, 1.165) is 16.5 Å². The van der Waals surface area contributed by atoms with Gasteiger partial charge in [-0.15, -0.1) is 0 Å². The number of amidine groups is 1. The topological polar surface area (TPSA) is 74.9 Å². The van der Waals surface area contributed by atoms with Crippen LogP contribution in [0.25, 0.3) is 17.0 Å². The van der Waals surface area contributed by atoms with Crippen molar-refractivity contribution < 1.29 is 14.7 Å². The third kappa shape index (κ3) is 3.92. The Balaban J connectivity index is 1.71. The predicted molar refractivity (Wildman–Crippen MR) is 116 cm³/mol. The second kappa shape index (κ2) is 7.77. The lowest BCUT2D eigenvalue weighted by molar-refractivity contribution is -0.137. The molecule has 1 N–H and O–H groups in total. The Labute approximate surface area is 176 Å². The van der Waals surface area contributed by atoms with E-state index in [1.807, 2.05) is 24.3 Å². The number of halogens is 1. The van der Waals surface area contributed by atoms with Crippen molar-refractivity contribution in [2.45, 2.75) is 6.54 Å². The van der Waals surface area contributed by atoms with Crippen LogP contribution in [0, 0.1) is 0 Å². The van der Waals surface area contributed by atoms with E-state index in [0.29, 0.717) is 20.8 Å². The maximum atomic E-state index is 12.7. The summed E-state index contributed by atoms with van der Waals surface area (Å²) in [5.74, 6) is -1.08. The number of aromatic nitrogens is 1. The minimum atomic E-state index is -0.923. The van der Waals surface area contributed by atoms with E-state index < -0.39 is 5.97 Å². The second-order valence-corrected chi connectivity index (χ2v) is 7.91. The molecule has 29 heavy (non-hydrogen) atoms. The monoisotopic (exact) mass is 425 g/mol. The van der Waals surface area contributed by atoms with Crippen molar-refractivity contribution >= 4 is 63.1 Å². The van der Waals surface area contributed by atoms with Gasteiger partial charge in [-0.1, -0.05) is 29.8 Å². The number of carbonyl (C=O) groups excluding carboxylic acids is 1. The van der Waals surface area contributed by atoms with Crippen LogP contribution in [-0.4, -0.2) is 38.7 Å². The highest BCUT2D eigenvalue weighted by Crippen LogP contribution is 2.35. The van der Waals surface area contributed by atoms with E-state index in [-0.39, 0.29) is 12.5 Å². The fourth-order valence-electron chi connectivity index (χ4n) is 3.09. The molecule has 1 saturated heterocycles. The first kappa shape index (κ1) is 19.3. The molecule has 0 unspecified atom stereocenters. The van der Waals surface area contributed by atoms with Crippen LogP contribution >= 0.6 is 23.4 Å². The van der Waals surface area contributed by atoms with Crippen molar-refractivity contribution in [3.05, 3.63) is 70.2 Å². The van der Waals surface area contributed by atoms with Gasteiger partial charge in [-0.2, -0.15) is 0 Å². The summed E-state index contributed by atoms with van der Waals surface area (Å²) < 4.78 is 1.67. The number of carbonyl (C=O) groups is 2. The van der Waals surface area contributed by atoms with Crippen molar-refractivity contribution in [3.8, 4) is 0 Å². The lowest BCUT2D eigenvalue weighted by Gasteiger charge is -2.06. The summed E-state index contributed by atoms with van der Waals surface area (Å²) in [6.45, 7) is -0.145. The van der Waals surface area contributed by atoms with E-state index in [1.165, 1.54) is 16.7 Å². The van der Waals surface area contributed by atoms with Crippen LogP contribution in [0.3, 0.4) is 0 Å². The maximum absolute atomic E-state index is 12.7. The number of carboxylic acid groups (broad SMARTS) is 1. The highest BCUT2D eigenvalue weighted by Gasteiger charge is 2.30. The summed E-state index contributed by atoms with van der Waals surface area (Å²) in [7, 11) is 1.68. The zero-order valence-electron chi connectivity index (χ0n) is 15.4. The summed E-state index contributed by atoms with van der Waals surface area (Å²) >= 11 is 7.19. The van der Waals surface area contributed by atoms with Crippen LogP contribution in [0.5, 0.6) is 0 Å². The summed E-state index contributed by atoms with van der Waals surface area (Å²) in [5, 5.41) is 11.2. The van der Waals surface area contributed by atoms with Crippen LogP contribution in [0.15, 0.2) is 64.6 Å². The number of benzene rings is 2. The minimum absolute atomic E-state index is 0.145. The number of amides is 1. The summed E-state index contributed by atoms with van der Waals surface area (Å²) in [5.41, 5.74) is 2.30. The Morgan fingerprint density at radius 3 is 2.66 bits per heavy atom. The molecule has 0 saturated carbocycles. The number of nitrogens with zero attached hydrogens (tertiary/aromatic N) is 3. The Kier molecular flexibility index (Phi) is 5.17. The molecule has 0 bridgehead atoms. The zero-order chi connectivity index (χ0) is 20.5. The Bertz CT molecular complexity index is 1180. The van der Waals surface area contributed by atoms with E-state index in [4.69, 9.17) is 16.7 Å². The molecule has 4 rings (SSSR count). The van der Waals surface area contributed by atoms with Crippen molar-refractivity contribution in [1.82, 2.24) is 9.47 Å². The molecule has 1 fully saturated rings. The van der Waals surface area contributed by atoms with Crippen LogP contribution in [0.2, 0.25) is 5.02 Å². The number of hydrogen-bond donors (Lipinski definition) is 1. The SMILES string of the molecule is CN1C(=O)/C(=C/c2cn(CC(=O)O)c3ccccc23)SC1=Nc1ccc(Cl)cc1. The normalized spacial score (nSPS) is 17.0. The van der Waals surface area contributed by atoms with Gasteiger partial charge in [0, 0.05) is 34.7 Å². The van der Waals surface area contributed by atoms with Gasteiger partial charge in [0.15, 0.2) is 5.17 Å². The van der Waals surface area contributed by atoms with Crippen LogP contribution in [0.1, 0.15) is 5.56 Å². The number of aliphatic imine (C=N–C) groups is 1. The largest absolute Gasteiger partial charge is 0.480 e. The molecule has 1 aliphatic rings. The van der Waals surface area contributed by atoms with Crippen molar-refractivity contribution in [1.29, 1.82) is 0 Å². The first-order valence-electron chi connectivity index (χ1n) is 8.74. The smallest absolute Gasteiger partial charge is 0.323 e. The first-order valence-corrected chi connectivity index (χ1v) is 9.93. The molecule has 146 valence electrons. The molecule has 1 aliphatic heterocycles. The van der Waals surface area contributed by atoms with Crippen molar-refractivity contribution in [3.63, 3.8) is 0 Å². The molecule has 1 aromatic heterocycles. The van der Waals surface area contributed by atoms with Gasteiger partial charge in [-0.05, 0) is 48.2 Å². The molecule has 0 spiro atoms. The molecule has 0 radical (unpaired) electrons. The number of aliphatic carboxylic acids is 1. The lowest BCUT2D eigenvalue weighted by atomic mass is 10.1. The lowest BCUT2D eigenvalue weighted by Crippen LogP contribution is -2.23. The average molecular weight is 426 g/mol. The van der Waals surface area contributed by atoms with Crippen molar-refractivity contribution in [2.75, 3.05) is 7.05 Å². The number of rotatable bonds is 4. The third-order valence-corrected chi connectivity index (χ3v) is 5.78. The van der Waals surface area contributed by atoms with E-state index in [9.17, 15) is 9.59 Å². The Hall–Kier alpha value is -3.03. The molecule has 8 heteroatoms. The molecule has 2 aromatic carbocycles. The molecular weight excluding hydrogens is 410 g/mol. The van der Waals surface area contributed by atoms with Crippen molar-refractivity contribution in [2.24, 2.45) is 4.99 Å². The molecule has 1 amide bonds. The summed E-state index contributed by atoms with van der Waals surface area (Å²) in [4.78, 5) is 30.5. The maximum Gasteiger partial charge on any atom is 0.323 e. The number of thioether (sulfide) groups is 1. The second-order valence-electron chi connectivity index (χ2n) is 6.47. The standard InChI is InChI=1S/C21H16ClN3O3S/c1-24-20(28)18(29-21(24)23-15-8-6-14(22)7-9-15)10-13-11-25(12-19(26)27)17-5-3-2-4-16(13)17/h2-11H,12H2,1H3,(H,26,27)/b18-10-,23-21?. The number of hydrogen-bond acceptors (Lipinski definition) is 4. The fourth-order valence-corrected chi connectivity index (χ4v) is 4.19. The first-order chi connectivity index (χ1) is 13.9. The zero-order valence-corrected chi connectivity index (χ0v) is 16.9. The van der Waals surface area contributed by atoms with Gasteiger partial charge in [0.05, 0.1) is 10.6 Å². The van der Waals surface area contributed by atoms with Gasteiger partial charge in [0.1, 0.15) is 6.54 Å². The van der Waals surface area contributed by atoms with Gasteiger partial charge in [0.25, 0.3) is 5.91 Å². The average Bonchev–Trinajstić information content (AvgIpc) is 3.16. The third-order valence-electron chi connectivity index (χ3n) is 4.47. The number of carboxylic acids is 1. The molecule has 3 aromatic rings. The highest BCUT2D eigenvalue weighted by molar-refractivity contribution is 8.18. The minimum Gasteiger partial charge on any atom is -0.480 e. The Morgan fingerprint density at radius 1 is 1.21 bits per heavy atom. The fraction of sp³-hybridized carbons (Fsp3) is 0.0952. The van der Waals surface area contributed by atoms with Gasteiger partial charge >= 0.3 is 5.97 Å². The van der Waals surface area contributed by atoms with E-state index in [1.54, 1.807) is 48.2 Å². The van der Waals surface area contributed by atoms with Gasteiger partial charge < -0.3 is 9.67 Å². The summed E-state index contributed by atoms with van der Waals surface area (Å²) in [6, 6.07) is 14.6. The van der Waals surface area contributed by atoms with E-state index in [2.05, 4.69) is 4.99 Å². The molecular formula is C21H16ClN3O3S. The van der Waals surface area contributed by atoms with Crippen LogP contribution < -0.4 is 0 Å². The van der Waals surface area contributed by atoms with Gasteiger partial charge in [-0.25, -0.2) is 4.99 Å². The molecule has 0 aliphatic carbocycles. The highest BCUT2D eigenvalue weighted by atomic mass is 35.5. The van der Waals surface area contributed by atoms with Gasteiger partial charge in [-0.3, -0.25) is 14.5 Å². The van der Waals surface area contributed by atoms with Crippen LogP contribution in [0.4, 0.5) is 5.69 Å². The molecule has 0 atom stereocenters. The van der Waals surface area contributed by atoms with Gasteiger partial charge in [0.2, 0.25) is 0 Å². The molecule has 2 heterocycles. The predicted octanol–water partition coefficient (Wildman–Crippen LogP) is 4.61. The number of para-hydroxylation sites is 1. The quantitative estimate of drug-likeness (QED) is 0.619. The number of fused-ring (bicyclic) bond motifs is 1. The van der Waals surface area contributed by atoms with E-state index >= 15 is 0 Å². The van der Waals surface area contributed by atoms with Crippen LogP contribution in [-0.2, 0) is 16.1 Å². The summed E-state index contributed by atoms with van der Waals surface area (Å²) in [6.07, 6.45) is 3.54.